The summed E-state index contributed by atoms with van der Waals surface area (Å²) in [4.78, 5) is 8.50. The maximum Gasteiger partial charge on any atom is 0.100 e. The van der Waals surface area contributed by atoms with Crippen LogP contribution in [-0.4, -0.2) is 6.01 Å². The van der Waals surface area contributed by atoms with Gasteiger partial charge < -0.3 is 0 Å². The van der Waals surface area contributed by atoms with E-state index in [2.05, 4.69) is 34.2 Å². The van der Waals surface area contributed by atoms with Crippen LogP contribution in [0.15, 0.2) is 82.8 Å². The van der Waals surface area contributed by atoms with E-state index >= 15 is 0 Å². The summed E-state index contributed by atoms with van der Waals surface area (Å²) in [5.74, 6) is 0. The van der Waals surface area contributed by atoms with Crippen molar-refractivity contribution in [2.45, 2.75) is 0 Å². The van der Waals surface area contributed by atoms with Crippen LogP contribution in [-0.2, 0) is 0 Å². The van der Waals surface area contributed by atoms with Crippen LogP contribution in [0, 0.1) is 0 Å². The third kappa shape index (κ3) is 2.59. The first-order valence-electron chi connectivity index (χ1n) is 6.13. The molecule has 0 heterocycles. The van der Waals surface area contributed by atoms with Crippen molar-refractivity contribution in [2.75, 3.05) is 0 Å². The molecule has 0 fully saturated rings. The molecule has 3 rings (SSSR count). The van der Waals surface area contributed by atoms with Gasteiger partial charge in [0.2, 0.25) is 0 Å². The van der Waals surface area contributed by atoms with Gasteiger partial charge in [-0.15, -0.1) is 0 Å². The molecule has 0 saturated carbocycles. The van der Waals surface area contributed by atoms with Crippen molar-refractivity contribution in [3.8, 4) is 0 Å². The number of aliphatic imine (C=N–C) groups is 2. The van der Waals surface area contributed by atoms with E-state index < -0.39 is 0 Å². The quantitative estimate of drug-likeness (QED) is 0.568. The Morgan fingerprint density at radius 3 is 2.26 bits per heavy atom. The van der Waals surface area contributed by atoms with E-state index in [1.54, 1.807) is 0 Å². The zero-order chi connectivity index (χ0) is 12.9. The average molecular weight is 244 g/mol. The Morgan fingerprint density at radius 1 is 0.632 bits per heavy atom. The first-order chi connectivity index (χ1) is 9.43. The molecule has 3 aromatic carbocycles. The summed E-state index contributed by atoms with van der Waals surface area (Å²) >= 11 is 0. The molecule has 0 radical (unpaired) electrons. The van der Waals surface area contributed by atoms with Gasteiger partial charge >= 0.3 is 0 Å². The normalized spacial score (nSPS) is 9.89. The van der Waals surface area contributed by atoms with E-state index in [0.29, 0.717) is 0 Å². The number of hydrogen-bond acceptors (Lipinski definition) is 2. The molecule has 2 nitrogen and oxygen atoms in total. The predicted octanol–water partition coefficient (Wildman–Crippen LogP) is 4.98. The fourth-order valence-corrected chi connectivity index (χ4v) is 1.94. The third-order valence-corrected chi connectivity index (χ3v) is 2.87. The van der Waals surface area contributed by atoms with E-state index in [0.717, 1.165) is 16.8 Å². The molecule has 0 aliphatic carbocycles. The molecule has 0 bridgehead atoms. The van der Waals surface area contributed by atoms with Gasteiger partial charge in [0.15, 0.2) is 0 Å². The molecule has 0 aromatic heterocycles. The maximum atomic E-state index is 4.31. The minimum absolute atomic E-state index is 0.853. The fraction of sp³-hybridized carbons (Fsp3) is 0. The van der Waals surface area contributed by atoms with Gasteiger partial charge in [0.05, 0.1) is 11.4 Å². The Balaban J connectivity index is 2.00. The molecule has 19 heavy (non-hydrogen) atoms. The number of rotatable bonds is 2. The lowest BCUT2D eigenvalue weighted by molar-refractivity contribution is 1.51. The van der Waals surface area contributed by atoms with Crippen LogP contribution in [0.2, 0.25) is 0 Å². The Labute approximate surface area is 111 Å². The highest BCUT2D eigenvalue weighted by molar-refractivity contribution is 5.93. The van der Waals surface area contributed by atoms with Crippen LogP contribution in [0.5, 0.6) is 0 Å². The Hall–Kier alpha value is -2.70. The van der Waals surface area contributed by atoms with Gasteiger partial charge in [0, 0.05) is 5.39 Å². The van der Waals surface area contributed by atoms with Crippen molar-refractivity contribution in [1.29, 1.82) is 0 Å². The molecule has 2 heteroatoms. The number of hydrogen-bond donors (Lipinski definition) is 0. The molecule has 0 unspecified atom stereocenters. The molecule has 0 aliphatic rings. The highest BCUT2D eigenvalue weighted by Crippen LogP contribution is 2.25. The minimum atomic E-state index is 0.853. The van der Waals surface area contributed by atoms with E-state index in [1.165, 1.54) is 5.39 Å². The summed E-state index contributed by atoms with van der Waals surface area (Å²) in [6, 6.07) is 26.6. The first-order valence-corrected chi connectivity index (χ1v) is 6.13. The summed E-state index contributed by atoms with van der Waals surface area (Å²) < 4.78 is 0. The molecular weight excluding hydrogens is 232 g/mol. The fourth-order valence-electron chi connectivity index (χ4n) is 1.94. The molecule has 0 N–H and O–H groups in total. The van der Waals surface area contributed by atoms with Gasteiger partial charge in [-0.3, -0.25) is 0 Å². The topological polar surface area (TPSA) is 24.7 Å². The van der Waals surface area contributed by atoms with Crippen LogP contribution in [0.25, 0.3) is 10.8 Å². The Kier molecular flexibility index (Phi) is 3.18. The number of para-hydroxylation sites is 1. The van der Waals surface area contributed by atoms with Gasteiger partial charge in [-0.2, -0.15) is 9.98 Å². The Morgan fingerprint density at radius 2 is 1.37 bits per heavy atom. The van der Waals surface area contributed by atoms with Crippen molar-refractivity contribution >= 4 is 28.2 Å². The summed E-state index contributed by atoms with van der Waals surface area (Å²) in [7, 11) is 0. The second-order valence-corrected chi connectivity index (χ2v) is 4.16. The minimum Gasteiger partial charge on any atom is -0.188 e. The zero-order valence-electron chi connectivity index (χ0n) is 10.3. The van der Waals surface area contributed by atoms with E-state index in [4.69, 9.17) is 0 Å². The molecule has 0 spiro atoms. The van der Waals surface area contributed by atoms with E-state index in [1.807, 2.05) is 54.6 Å². The average Bonchev–Trinajstić information content (AvgIpc) is 2.49. The highest BCUT2D eigenvalue weighted by Gasteiger charge is 1.96. The Bertz CT molecular complexity index is 749. The summed E-state index contributed by atoms with van der Waals surface area (Å²) in [5, 5.41) is 2.28. The lowest BCUT2D eigenvalue weighted by Gasteiger charge is -1.98. The second kappa shape index (κ2) is 5.30. The monoisotopic (exact) mass is 244 g/mol. The van der Waals surface area contributed by atoms with Crippen molar-refractivity contribution < 1.29 is 0 Å². The SMILES string of the molecule is C(=Nc1ccccc1)=Nc1cccc2ccccc12. The van der Waals surface area contributed by atoms with Gasteiger partial charge in [-0.25, -0.2) is 0 Å². The first kappa shape index (κ1) is 11.4. The van der Waals surface area contributed by atoms with Crippen LogP contribution in [0.4, 0.5) is 11.4 Å². The van der Waals surface area contributed by atoms with Crippen LogP contribution >= 0.6 is 0 Å². The number of benzene rings is 3. The lowest BCUT2D eigenvalue weighted by atomic mass is 10.1. The van der Waals surface area contributed by atoms with Crippen molar-refractivity contribution in [3.63, 3.8) is 0 Å². The number of fused-ring (bicyclic) bond motifs is 1. The van der Waals surface area contributed by atoms with E-state index in [-0.39, 0.29) is 0 Å². The standard InChI is InChI=1S/C17H12N2/c1-2-9-15(10-3-1)18-13-19-17-12-6-8-14-7-4-5-11-16(14)17/h1-12H. The van der Waals surface area contributed by atoms with Gasteiger partial charge in [0.1, 0.15) is 6.01 Å². The second-order valence-electron chi connectivity index (χ2n) is 4.16. The van der Waals surface area contributed by atoms with Crippen LogP contribution in [0.1, 0.15) is 0 Å². The molecule has 90 valence electrons. The molecule has 0 aliphatic heterocycles. The summed E-state index contributed by atoms with van der Waals surface area (Å²) in [6.07, 6.45) is 0. The van der Waals surface area contributed by atoms with Crippen LogP contribution in [0.3, 0.4) is 0 Å². The molecular formula is C17H12N2. The number of nitrogens with zero attached hydrogens (tertiary/aromatic N) is 2. The predicted molar refractivity (Wildman–Crippen MR) is 79.6 cm³/mol. The summed E-state index contributed by atoms with van der Waals surface area (Å²) in [5.41, 5.74) is 1.74. The van der Waals surface area contributed by atoms with E-state index in [9.17, 15) is 0 Å². The van der Waals surface area contributed by atoms with Gasteiger partial charge in [0.25, 0.3) is 0 Å². The zero-order valence-corrected chi connectivity index (χ0v) is 10.3. The van der Waals surface area contributed by atoms with Gasteiger partial charge in [-0.05, 0) is 23.6 Å². The molecule has 0 saturated heterocycles. The smallest absolute Gasteiger partial charge is 0.100 e. The third-order valence-electron chi connectivity index (χ3n) is 2.87. The van der Waals surface area contributed by atoms with Crippen molar-refractivity contribution in [3.05, 3.63) is 72.8 Å². The molecule has 0 amide bonds. The lowest BCUT2D eigenvalue weighted by Crippen LogP contribution is -1.72. The molecule has 0 atom stereocenters. The van der Waals surface area contributed by atoms with Gasteiger partial charge in [-0.1, -0.05) is 54.6 Å². The maximum absolute atomic E-state index is 4.31. The largest absolute Gasteiger partial charge is 0.188 e. The molecule has 3 aromatic rings. The van der Waals surface area contributed by atoms with Crippen molar-refractivity contribution in [1.82, 2.24) is 0 Å². The van der Waals surface area contributed by atoms with Crippen molar-refractivity contribution in [2.24, 2.45) is 9.98 Å². The summed E-state index contributed by atoms with van der Waals surface area (Å²) in [6.45, 7) is 0. The highest BCUT2D eigenvalue weighted by atomic mass is 14.8. The van der Waals surface area contributed by atoms with Crippen LogP contribution < -0.4 is 0 Å².